The number of amides is 3. The van der Waals surface area contributed by atoms with Crippen LogP contribution in [0.1, 0.15) is 49.7 Å². The second-order valence-corrected chi connectivity index (χ2v) is 12.8. The molecule has 2 saturated heterocycles. The molecule has 42 heavy (non-hydrogen) atoms. The number of rotatable bonds is 3. The van der Waals surface area contributed by atoms with Crippen molar-refractivity contribution < 1.29 is 19.1 Å². The number of hydrogen-bond donors (Lipinski definition) is 1. The maximum absolute atomic E-state index is 14.4. The van der Waals surface area contributed by atoms with Gasteiger partial charge in [0, 0.05) is 47.4 Å². The molecule has 9 nitrogen and oxygen atoms in total. The molecule has 3 heterocycles. The Morgan fingerprint density at radius 3 is 2.24 bits per heavy atom. The van der Waals surface area contributed by atoms with E-state index in [0.717, 1.165) is 5.56 Å². The van der Waals surface area contributed by atoms with E-state index < -0.39 is 17.2 Å². The molecule has 0 aliphatic carbocycles. The predicted octanol–water partition coefficient (Wildman–Crippen LogP) is 6.15. The zero-order chi connectivity index (χ0) is 30.4. The van der Waals surface area contributed by atoms with Crippen molar-refractivity contribution in [3.63, 3.8) is 0 Å². The number of piperidine rings is 1. The highest BCUT2D eigenvalue weighted by Crippen LogP contribution is 2.37. The van der Waals surface area contributed by atoms with E-state index in [-0.39, 0.29) is 43.4 Å². The molecule has 2 aromatic carbocycles. The lowest BCUT2D eigenvalue weighted by atomic mass is 9.82. The van der Waals surface area contributed by atoms with Gasteiger partial charge in [0.1, 0.15) is 11.1 Å². The zero-order valence-electron chi connectivity index (χ0n) is 23.8. The maximum atomic E-state index is 14.4. The van der Waals surface area contributed by atoms with Crippen LogP contribution in [0.4, 0.5) is 4.79 Å². The Morgan fingerprint density at radius 2 is 1.62 bits per heavy atom. The molecule has 2 aliphatic rings. The van der Waals surface area contributed by atoms with Crippen LogP contribution in [0, 0.1) is 6.92 Å². The summed E-state index contributed by atoms with van der Waals surface area (Å²) >= 11 is 18.9. The number of piperazine rings is 1. The first-order chi connectivity index (χ1) is 19.8. The molecule has 1 N–H and O–H groups in total. The minimum atomic E-state index is -1.12. The average Bonchev–Trinajstić information content (AvgIpc) is 3.26. The summed E-state index contributed by atoms with van der Waals surface area (Å²) in [5, 5.41) is 9.11. The van der Waals surface area contributed by atoms with Crippen LogP contribution >= 0.6 is 34.8 Å². The number of aromatic nitrogens is 2. The Bertz CT molecular complexity index is 1540. The van der Waals surface area contributed by atoms with E-state index in [1.807, 2.05) is 39.8 Å². The number of carbonyl (C=O) groups excluding carboxylic acids is 3. The van der Waals surface area contributed by atoms with Crippen LogP contribution in [0.15, 0.2) is 42.5 Å². The second-order valence-electron chi connectivity index (χ2n) is 11.5. The summed E-state index contributed by atoms with van der Waals surface area (Å²) in [6, 6.07) is 12.3. The van der Waals surface area contributed by atoms with Crippen molar-refractivity contribution in [1.82, 2.24) is 24.9 Å². The van der Waals surface area contributed by atoms with Crippen LogP contribution < -0.4 is 5.32 Å². The van der Waals surface area contributed by atoms with E-state index >= 15 is 0 Å². The molecule has 0 bridgehead atoms. The van der Waals surface area contributed by atoms with Crippen LogP contribution in [0.3, 0.4) is 0 Å². The lowest BCUT2D eigenvalue weighted by molar-refractivity contribution is -0.138. The SMILES string of the molecule is Cc1c(C(=O)N2CCNC(=O)C23CCN(C(=O)OC(C)(C)C)CC3)nn(-c2ccc(Cl)cc2Cl)c1-c1ccc(Cl)cc1. The molecule has 2 fully saturated rings. The molecular formula is C30H32Cl3N5O4. The van der Waals surface area contributed by atoms with Crippen LogP contribution in [-0.4, -0.2) is 74.8 Å². The molecule has 3 amide bonds. The van der Waals surface area contributed by atoms with Crippen molar-refractivity contribution in [2.75, 3.05) is 26.2 Å². The number of likely N-dealkylation sites (tertiary alicyclic amines) is 1. The van der Waals surface area contributed by atoms with E-state index in [0.29, 0.717) is 45.1 Å². The molecular weight excluding hydrogens is 601 g/mol. The molecule has 1 aromatic heterocycles. The standard InChI is InChI=1S/C30H32Cl3N5O4/c1-18-24(35-38(23-10-9-21(32)17-22(23)33)25(18)19-5-7-20(31)8-6-19)26(39)37-16-13-34-27(40)30(37)11-14-36(15-12-30)28(41)42-29(2,3)4/h5-10,17H,11-16H2,1-4H3,(H,34,40). The summed E-state index contributed by atoms with van der Waals surface area (Å²) in [6.45, 7) is 8.42. The van der Waals surface area contributed by atoms with Crippen LogP contribution in [0.5, 0.6) is 0 Å². The summed E-state index contributed by atoms with van der Waals surface area (Å²) < 4.78 is 7.16. The summed E-state index contributed by atoms with van der Waals surface area (Å²) in [5.41, 5.74) is 1.06. The first-order valence-corrected chi connectivity index (χ1v) is 14.8. The topological polar surface area (TPSA) is 96.8 Å². The van der Waals surface area contributed by atoms with E-state index in [4.69, 9.17) is 44.6 Å². The van der Waals surface area contributed by atoms with Crippen molar-refractivity contribution in [2.45, 2.75) is 51.7 Å². The van der Waals surface area contributed by atoms with Gasteiger partial charge in [0.25, 0.3) is 5.91 Å². The number of nitrogens with zero attached hydrogens (tertiary/aromatic N) is 4. The fraction of sp³-hybridized carbons (Fsp3) is 0.400. The Hall–Kier alpha value is -3.27. The van der Waals surface area contributed by atoms with Gasteiger partial charge in [-0.2, -0.15) is 5.10 Å². The van der Waals surface area contributed by atoms with Gasteiger partial charge in [-0.1, -0.05) is 46.9 Å². The van der Waals surface area contributed by atoms with Crippen LogP contribution in [0.2, 0.25) is 15.1 Å². The van der Waals surface area contributed by atoms with E-state index in [9.17, 15) is 14.4 Å². The Labute approximate surface area is 259 Å². The number of hydrogen-bond acceptors (Lipinski definition) is 5. The quantitative estimate of drug-likeness (QED) is 0.374. The number of nitrogens with one attached hydrogen (secondary N) is 1. The van der Waals surface area contributed by atoms with Gasteiger partial charge in [-0.15, -0.1) is 0 Å². The second kappa shape index (κ2) is 11.4. The third kappa shape index (κ3) is 5.70. The average molecular weight is 633 g/mol. The summed E-state index contributed by atoms with van der Waals surface area (Å²) in [5.74, 6) is -0.603. The van der Waals surface area contributed by atoms with Gasteiger partial charge >= 0.3 is 6.09 Å². The molecule has 5 rings (SSSR count). The Kier molecular flexibility index (Phi) is 8.22. The summed E-state index contributed by atoms with van der Waals surface area (Å²) in [7, 11) is 0. The highest BCUT2D eigenvalue weighted by molar-refractivity contribution is 6.35. The first kappa shape index (κ1) is 30.2. The van der Waals surface area contributed by atoms with Crippen molar-refractivity contribution in [3.05, 3.63) is 68.8 Å². The predicted molar refractivity (Wildman–Crippen MR) is 163 cm³/mol. The number of benzene rings is 2. The van der Waals surface area contributed by atoms with Gasteiger partial charge in [0.05, 0.1) is 16.4 Å². The van der Waals surface area contributed by atoms with Gasteiger partial charge in [0.2, 0.25) is 5.91 Å². The Morgan fingerprint density at radius 1 is 0.976 bits per heavy atom. The zero-order valence-corrected chi connectivity index (χ0v) is 26.1. The number of ether oxygens (including phenoxy) is 1. The van der Waals surface area contributed by atoms with E-state index in [1.165, 1.54) is 0 Å². The molecule has 12 heteroatoms. The highest BCUT2D eigenvalue weighted by Gasteiger charge is 2.51. The van der Waals surface area contributed by atoms with Crippen molar-refractivity contribution in [1.29, 1.82) is 0 Å². The van der Waals surface area contributed by atoms with Gasteiger partial charge in [-0.25, -0.2) is 9.48 Å². The number of carbonyl (C=O) groups is 3. The maximum Gasteiger partial charge on any atom is 0.410 e. The summed E-state index contributed by atoms with van der Waals surface area (Å²) in [4.78, 5) is 43.7. The molecule has 1 spiro atoms. The van der Waals surface area contributed by atoms with Gasteiger partial charge in [-0.3, -0.25) is 9.59 Å². The third-order valence-electron chi connectivity index (χ3n) is 7.63. The third-order valence-corrected chi connectivity index (χ3v) is 8.42. The monoisotopic (exact) mass is 631 g/mol. The fourth-order valence-corrected chi connectivity index (χ4v) is 6.18. The van der Waals surface area contributed by atoms with E-state index in [2.05, 4.69) is 5.32 Å². The summed E-state index contributed by atoms with van der Waals surface area (Å²) in [6.07, 6.45) is 0.112. The van der Waals surface area contributed by atoms with Gasteiger partial charge in [-0.05, 0) is 70.9 Å². The molecule has 3 aromatic rings. The minimum Gasteiger partial charge on any atom is -0.444 e. The van der Waals surface area contributed by atoms with Crippen molar-refractivity contribution in [3.8, 4) is 16.9 Å². The largest absolute Gasteiger partial charge is 0.444 e. The fourth-order valence-electron chi connectivity index (χ4n) is 5.56. The smallest absolute Gasteiger partial charge is 0.410 e. The minimum absolute atomic E-state index is 0.203. The lowest BCUT2D eigenvalue weighted by Gasteiger charge is -2.49. The molecule has 0 saturated carbocycles. The van der Waals surface area contributed by atoms with Gasteiger partial charge < -0.3 is 19.9 Å². The molecule has 0 unspecified atom stereocenters. The normalized spacial score (nSPS) is 16.9. The molecule has 2 aliphatic heterocycles. The van der Waals surface area contributed by atoms with Crippen LogP contribution in [0.25, 0.3) is 16.9 Å². The van der Waals surface area contributed by atoms with Crippen LogP contribution in [-0.2, 0) is 9.53 Å². The first-order valence-electron chi connectivity index (χ1n) is 13.7. The number of halogens is 3. The van der Waals surface area contributed by atoms with Crippen molar-refractivity contribution in [2.24, 2.45) is 0 Å². The molecule has 0 radical (unpaired) electrons. The lowest BCUT2D eigenvalue weighted by Crippen LogP contribution is -2.69. The molecule has 222 valence electrons. The molecule has 0 atom stereocenters. The van der Waals surface area contributed by atoms with Gasteiger partial charge in [0.15, 0.2) is 5.69 Å². The highest BCUT2D eigenvalue weighted by atomic mass is 35.5. The van der Waals surface area contributed by atoms with E-state index in [1.54, 1.807) is 44.8 Å². The van der Waals surface area contributed by atoms with Crippen molar-refractivity contribution >= 4 is 52.7 Å². The Balaban J connectivity index is 1.53.